The SMILES string of the molecule is O=C(O)C1CCCN1C(=O)C1CCC=CCC1. The van der Waals surface area contributed by atoms with Crippen LogP contribution in [0, 0.1) is 5.92 Å². The molecule has 2 aliphatic rings. The summed E-state index contributed by atoms with van der Waals surface area (Å²) < 4.78 is 0. The summed E-state index contributed by atoms with van der Waals surface area (Å²) in [6.07, 6.45) is 9.23. The lowest BCUT2D eigenvalue weighted by atomic mass is 9.98. The van der Waals surface area contributed by atoms with Crippen LogP contribution in [0.1, 0.15) is 38.5 Å². The predicted molar refractivity (Wildman–Crippen MR) is 63.5 cm³/mol. The van der Waals surface area contributed by atoms with Gasteiger partial charge in [-0.1, -0.05) is 12.2 Å². The number of carboxylic acid groups (broad SMARTS) is 1. The van der Waals surface area contributed by atoms with Gasteiger partial charge >= 0.3 is 5.97 Å². The van der Waals surface area contributed by atoms with Crippen molar-refractivity contribution in [2.75, 3.05) is 6.54 Å². The van der Waals surface area contributed by atoms with E-state index in [-0.39, 0.29) is 11.8 Å². The lowest BCUT2D eigenvalue weighted by Crippen LogP contribution is -2.43. The van der Waals surface area contributed by atoms with Crippen LogP contribution in [-0.4, -0.2) is 34.5 Å². The number of rotatable bonds is 2. The van der Waals surface area contributed by atoms with Gasteiger partial charge in [-0.2, -0.15) is 0 Å². The van der Waals surface area contributed by atoms with Crippen LogP contribution in [0.4, 0.5) is 0 Å². The monoisotopic (exact) mass is 237 g/mol. The number of nitrogens with zero attached hydrogens (tertiary/aromatic N) is 1. The number of allylic oxidation sites excluding steroid dienone is 2. The molecule has 1 atom stereocenters. The first-order valence-electron chi connectivity index (χ1n) is 6.38. The average molecular weight is 237 g/mol. The van der Waals surface area contributed by atoms with Gasteiger partial charge < -0.3 is 10.0 Å². The lowest BCUT2D eigenvalue weighted by molar-refractivity contribution is -0.150. The van der Waals surface area contributed by atoms with Crippen LogP contribution < -0.4 is 0 Å². The number of likely N-dealkylation sites (tertiary alicyclic amines) is 1. The van der Waals surface area contributed by atoms with Gasteiger partial charge in [-0.3, -0.25) is 4.79 Å². The van der Waals surface area contributed by atoms with Crippen molar-refractivity contribution < 1.29 is 14.7 Å². The van der Waals surface area contributed by atoms with Crippen molar-refractivity contribution in [2.45, 2.75) is 44.6 Å². The summed E-state index contributed by atoms with van der Waals surface area (Å²) in [4.78, 5) is 24.9. The van der Waals surface area contributed by atoms with Gasteiger partial charge in [-0.25, -0.2) is 4.79 Å². The topological polar surface area (TPSA) is 57.6 Å². The molecule has 1 unspecified atom stereocenters. The van der Waals surface area contributed by atoms with Crippen LogP contribution in [0.2, 0.25) is 0 Å². The van der Waals surface area contributed by atoms with E-state index in [9.17, 15) is 9.59 Å². The highest BCUT2D eigenvalue weighted by molar-refractivity contribution is 5.85. The number of aliphatic carboxylic acids is 1. The molecule has 1 N–H and O–H groups in total. The molecular formula is C13H19NO3. The minimum Gasteiger partial charge on any atom is -0.480 e. The molecule has 0 bridgehead atoms. The largest absolute Gasteiger partial charge is 0.480 e. The second kappa shape index (κ2) is 5.34. The van der Waals surface area contributed by atoms with Crippen molar-refractivity contribution in [1.29, 1.82) is 0 Å². The molecule has 17 heavy (non-hydrogen) atoms. The van der Waals surface area contributed by atoms with E-state index >= 15 is 0 Å². The fourth-order valence-corrected chi connectivity index (χ4v) is 2.74. The summed E-state index contributed by atoms with van der Waals surface area (Å²) in [6.45, 7) is 0.611. The van der Waals surface area contributed by atoms with Crippen LogP contribution in [0.15, 0.2) is 12.2 Å². The molecule has 1 heterocycles. The number of hydrogen-bond acceptors (Lipinski definition) is 2. The molecule has 0 aromatic rings. The number of amides is 1. The molecule has 4 nitrogen and oxygen atoms in total. The van der Waals surface area contributed by atoms with Crippen molar-refractivity contribution in [3.63, 3.8) is 0 Å². The summed E-state index contributed by atoms with van der Waals surface area (Å²) in [6, 6.07) is -0.585. The highest BCUT2D eigenvalue weighted by Crippen LogP contribution is 2.26. The van der Waals surface area contributed by atoms with E-state index in [2.05, 4.69) is 12.2 Å². The molecule has 4 heteroatoms. The second-order valence-electron chi connectivity index (χ2n) is 4.85. The zero-order valence-electron chi connectivity index (χ0n) is 9.97. The highest BCUT2D eigenvalue weighted by atomic mass is 16.4. The molecule has 0 aromatic heterocycles. The van der Waals surface area contributed by atoms with E-state index in [1.807, 2.05) is 0 Å². The molecule has 1 aliphatic carbocycles. The molecular weight excluding hydrogens is 218 g/mol. The Labute approximate surface area is 101 Å². The summed E-state index contributed by atoms with van der Waals surface area (Å²) >= 11 is 0. The Balaban J connectivity index is 2.01. The van der Waals surface area contributed by atoms with Crippen molar-refractivity contribution in [3.8, 4) is 0 Å². The zero-order chi connectivity index (χ0) is 12.3. The van der Waals surface area contributed by atoms with E-state index in [1.165, 1.54) is 0 Å². The maximum Gasteiger partial charge on any atom is 0.326 e. The first-order chi connectivity index (χ1) is 8.20. The Morgan fingerprint density at radius 1 is 1.12 bits per heavy atom. The number of hydrogen-bond donors (Lipinski definition) is 1. The van der Waals surface area contributed by atoms with Gasteiger partial charge in [0.25, 0.3) is 0 Å². The highest BCUT2D eigenvalue weighted by Gasteiger charge is 2.36. The normalized spacial score (nSPS) is 25.9. The van der Waals surface area contributed by atoms with Gasteiger partial charge in [0.05, 0.1) is 0 Å². The van der Waals surface area contributed by atoms with E-state index in [4.69, 9.17) is 5.11 Å². The third-order valence-electron chi connectivity index (χ3n) is 3.70. The van der Waals surface area contributed by atoms with E-state index in [0.717, 1.165) is 32.1 Å². The van der Waals surface area contributed by atoms with Gasteiger partial charge in [-0.15, -0.1) is 0 Å². The van der Waals surface area contributed by atoms with Crippen molar-refractivity contribution in [3.05, 3.63) is 12.2 Å². The molecule has 0 radical (unpaired) electrons. The first kappa shape index (κ1) is 12.1. The summed E-state index contributed by atoms with van der Waals surface area (Å²) in [5.74, 6) is -0.786. The van der Waals surface area contributed by atoms with E-state index in [0.29, 0.717) is 13.0 Å². The van der Waals surface area contributed by atoms with Crippen molar-refractivity contribution >= 4 is 11.9 Å². The van der Waals surface area contributed by atoms with Gasteiger partial charge in [0.15, 0.2) is 0 Å². The van der Waals surface area contributed by atoms with Crippen LogP contribution in [0.25, 0.3) is 0 Å². The van der Waals surface area contributed by atoms with Gasteiger partial charge in [0, 0.05) is 12.5 Å². The Morgan fingerprint density at radius 2 is 1.76 bits per heavy atom. The van der Waals surface area contributed by atoms with Crippen LogP contribution in [-0.2, 0) is 9.59 Å². The first-order valence-corrected chi connectivity index (χ1v) is 6.38. The molecule has 94 valence electrons. The molecule has 0 saturated carbocycles. The molecule has 1 amide bonds. The maximum absolute atomic E-state index is 12.3. The molecule has 0 spiro atoms. The minimum atomic E-state index is -0.859. The van der Waals surface area contributed by atoms with Crippen LogP contribution in [0.3, 0.4) is 0 Å². The Kier molecular flexibility index (Phi) is 3.82. The second-order valence-corrected chi connectivity index (χ2v) is 4.85. The summed E-state index contributed by atoms with van der Waals surface area (Å²) in [7, 11) is 0. The quantitative estimate of drug-likeness (QED) is 0.745. The maximum atomic E-state index is 12.3. The van der Waals surface area contributed by atoms with Crippen molar-refractivity contribution in [1.82, 2.24) is 4.90 Å². The summed E-state index contributed by atoms with van der Waals surface area (Å²) in [5, 5.41) is 9.08. The van der Waals surface area contributed by atoms with Gasteiger partial charge in [-0.05, 0) is 38.5 Å². The zero-order valence-corrected chi connectivity index (χ0v) is 9.97. The lowest BCUT2D eigenvalue weighted by Gasteiger charge is -2.26. The predicted octanol–water partition coefficient (Wildman–Crippen LogP) is 1.81. The fourth-order valence-electron chi connectivity index (χ4n) is 2.74. The Hall–Kier alpha value is -1.32. The fraction of sp³-hybridized carbons (Fsp3) is 0.692. The molecule has 1 fully saturated rings. The average Bonchev–Trinajstić information content (AvgIpc) is 2.64. The van der Waals surface area contributed by atoms with Gasteiger partial charge in [0.1, 0.15) is 6.04 Å². The number of carbonyl (C=O) groups excluding carboxylic acids is 1. The standard InChI is InChI=1S/C13H19NO3/c15-12(10-6-3-1-2-4-7-10)14-9-5-8-11(14)13(16)17/h1-2,10-11H,3-9H2,(H,16,17). The number of carbonyl (C=O) groups is 2. The third-order valence-corrected chi connectivity index (χ3v) is 3.70. The molecule has 1 saturated heterocycles. The smallest absolute Gasteiger partial charge is 0.326 e. The van der Waals surface area contributed by atoms with Crippen molar-refractivity contribution in [2.24, 2.45) is 5.92 Å². The van der Waals surface area contributed by atoms with Gasteiger partial charge in [0.2, 0.25) is 5.91 Å². The van der Waals surface area contributed by atoms with Crippen LogP contribution in [0.5, 0.6) is 0 Å². The molecule has 1 aliphatic heterocycles. The Bertz CT molecular complexity index is 328. The third kappa shape index (κ3) is 2.68. The minimum absolute atomic E-state index is 0.0185. The molecule has 0 aromatic carbocycles. The van der Waals surface area contributed by atoms with Crippen LogP contribution >= 0.6 is 0 Å². The van der Waals surface area contributed by atoms with E-state index in [1.54, 1.807) is 4.90 Å². The summed E-state index contributed by atoms with van der Waals surface area (Å²) in [5.41, 5.74) is 0. The molecule has 2 rings (SSSR count). The van der Waals surface area contributed by atoms with E-state index < -0.39 is 12.0 Å². The Morgan fingerprint density at radius 3 is 2.35 bits per heavy atom. The number of carboxylic acids is 1.